The minimum atomic E-state index is -3.97. The van der Waals surface area contributed by atoms with Crippen molar-refractivity contribution in [2.75, 3.05) is 30.9 Å². The normalized spacial score (nSPS) is 11.0. The first-order valence-corrected chi connectivity index (χ1v) is 12.7. The molecular formula is C21H20Br2N4O6S. The number of ether oxygens (including phenoxy) is 3. The van der Waals surface area contributed by atoms with E-state index in [0.29, 0.717) is 15.9 Å². The van der Waals surface area contributed by atoms with Gasteiger partial charge in [0.05, 0.1) is 23.6 Å². The van der Waals surface area contributed by atoms with Crippen molar-refractivity contribution >= 4 is 59.3 Å². The molecule has 10 nitrogen and oxygen atoms in total. The van der Waals surface area contributed by atoms with E-state index in [2.05, 4.69) is 51.9 Å². The summed E-state index contributed by atoms with van der Waals surface area (Å²) in [5, 5.41) is 2.66. The number of aryl methyl sites for hydroxylation is 1. The molecule has 13 heteroatoms. The molecule has 0 fully saturated rings. The maximum absolute atomic E-state index is 12.7. The van der Waals surface area contributed by atoms with Crippen LogP contribution in [0.4, 0.5) is 11.5 Å². The van der Waals surface area contributed by atoms with Crippen LogP contribution in [0.3, 0.4) is 0 Å². The number of carbonyl (C=O) groups excluding carboxylic acids is 1. The van der Waals surface area contributed by atoms with Gasteiger partial charge in [0.15, 0.2) is 12.4 Å². The average Bonchev–Trinajstić information content (AvgIpc) is 2.78. The van der Waals surface area contributed by atoms with Gasteiger partial charge < -0.3 is 19.5 Å². The zero-order valence-electron chi connectivity index (χ0n) is 18.3. The summed E-state index contributed by atoms with van der Waals surface area (Å²) in [5.41, 5.74) is 1.26. The van der Waals surface area contributed by atoms with E-state index >= 15 is 0 Å². The number of hydrogen-bond acceptors (Lipinski definition) is 8. The van der Waals surface area contributed by atoms with E-state index in [1.165, 1.54) is 44.6 Å². The summed E-state index contributed by atoms with van der Waals surface area (Å²) in [6, 6.07) is 10.6. The molecule has 3 rings (SSSR count). The first kappa shape index (κ1) is 25.7. The maximum Gasteiger partial charge on any atom is 0.321 e. The van der Waals surface area contributed by atoms with Crippen LogP contribution in [0, 0.1) is 6.92 Å². The van der Waals surface area contributed by atoms with Crippen molar-refractivity contribution in [1.29, 1.82) is 0 Å². The number of methoxy groups -OCH3 is 2. The highest BCUT2D eigenvalue weighted by Crippen LogP contribution is 2.32. The number of hydrogen-bond donors (Lipinski definition) is 2. The molecule has 2 aromatic carbocycles. The molecule has 0 saturated carbocycles. The molecule has 0 unspecified atom stereocenters. The third-order valence-electron chi connectivity index (χ3n) is 4.30. The average molecular weight is 616 g/mol. The standard InChI is InChI=1S/C21H20Br2N4O6S/c1-12-8-13(22)9-16(23)20(12)33-11-18(28)24-14-4-6-15(7-5-14)34(29,30)27-17-10-19(31-2)26-21(25-17)32-3/h4-10H,11H2,1-3H3,(H,24,28)(H,25,26,27). The molecule has 0 radical (unpaired) electrons. The van der Waals surface area contributed by atoms with Crippen LogP contribution >= 0.6 is 31.9 Å². The number of aromatic nitrogens is 2. The van der Waals surface area contributed by atoms with Crippen LogP contribution in [0.2, 0.25) is 0 Å². The number of halogens is 2. The summed E-state index contributed by atoms with van der Waals surface area (Å²) in [6.07, 6.45) is 0. The van der Waals surface area contributed by atoms with E-state index in [0.717, 1.165) is 10.0 Å². The Labute approximate surface area is 213 Å². The van der Waals surface area contributed by atoms with Gasteiger partial charge in [-0.1, -0.05) is 15.9 Å². The SMILES string of the molecule is COc1cc(NS(=O)(=O)c2ccc(NC(=O)COc3c(C)cc(Br)cc3Br)cc2)nc(OC)n1. The largest absolute Gasteiger partial charge is 0.482 e. The summed E-state index contributed by atoms with van der Waals surface area (Å²) in [5.74, 6) is 0.273. The molecule has 1 aromatic heterocycles. The predicted octanol–water partition coefficient (Wildman–Crippen LogP) is 4.15. The van der Waals surface area contributed by atoms with E-state index < -0.39 is 15.9 Å². The molecule has 2 N–H and O–H groups in total. The van der Waals surface area contributed by atoms with Crippen LogP contribution in [0.25, 0.3) is 0 Å². The number of nitrogens with one attached hydrogen (secondary N) is 2. The minimum Gasteiger partial charge on any atom is -0.482 e. The lowest BCUT2D eigenvalue weighted by molar-refractivity contribution is -0.118. The van der Waals surface area contributed by atoms with Gasteiger partial charge in [-0.2, -0.15) is 9.97 Å². The van der Waals surface area contributed by atoms with Crippen molar-refractivity contribution in [3.63, 3.8) is 0 Å². The number of benzene rings is 2. The van der Waals surface area contributed by atoms with Crippen molar-refractivity contribution in [2.45, 2.75) is 11.8 Å². The summed E-state index contributed by atoms with van der Waals surface area (Å²) in [7, 11) is -1.23. The Kier molecular flexibility index (Phi) is 8.33. The molecule has 0 aliphatic carbocycles. The molecule has 0 bridgehead atoms. The fourth-order valence-corrected chi connectivity index (χ4v) is 5.32. The second-order valence-corrected chi connectivity index (χ2v) is 10.2. The Balaban J connectivity index is 1.65. The lowest BCUT2D eigenvalue weighted by Gasteiger charge is -2.12. The van der Waals surface area contributed by atoms with Crippen LogP contribution in [-0.4, -0.2) is 45.1 Å². The zero-order valence-corrected chi connectivity index (χ0v) is 22.2. The maximum atomic E-state index is 12.7. The molecule has 0 spiro atoms. The fraction of sp³-hybridized carbons (Fsp3) is 0.190. The molecule has 0 aliphatic heterocycles. The van der Waals surface area contributed by atoms with Crippen molar-refractivity contribution < 1.29 is 27.4 Å². The van der Waals surface area contributed by atoms with Gasteiger partial charge in [-0.3, -0.25) is 9.52 Å². The highest BCUT2D eigenvalue weighted by molar-refractivity contribution is 9.11. The molecule has 0 saturated heterocycles. The van der Waals surface area contributed by atoms with Gasteiger partial charge in [-0.05, 0) is 64.8 Å². The number of rotatable bonds is 9. The van der Waals surface area contributed by atoms with Gasteiger partial charge in [0, 0.05) is 16.2 Å². The van der Waals surface area contributed by atoms with Gasteiger partial charge in [0.2, 0.25) is 5.88 Å². The molecule has 0 aliphatic rings. The van der Waals surface area contributed by atoms with Crippen LogP contribution in [0.5, 0.6) is 17.6 Å². The molecule has 1 amide bonds. The summed E-state index contributed by atoms with van der Waals surface area (Å²) >= 11 is 6.80. The van der Waals surface area contributed by atoms with Gasteiger partial charge in [0.25, 0.3) is 15.9 Å². The Hall–Kier alpha value is -2.90. The lowest BCUT2D eigenvalue weighted by atomic mass is 10.2. The Morgan fingerprint density at radius 3 is 2.35 bits per heavy atom. The van der Waals surface area contributed by atoms with Crippen LogP contribution in [0.15, 0.2) is 56.3 Å². The quantitative estimate of drug-likeness (QED) is 0.367. The first-order valence-electron chi connectivity index (χ1n) is 9.59. The van der Waals surface area contributed by atoms with E-state index in [9.17, 15) is 13.2 Å². The molecule has 0 atom stereocenters. The highest BCUT2D eigenvalue weighted by atomic mass is 79.9. The molecule has 180 valence electrons. The van der Waals surface area contributed by atoms with Crippen molar-refractivity contribution in [3.05, 3.63) is 57.0 Å². The summed E-state index contributed by atoms with van der Waals surface area (Å²) < 4.78 is 45.0. The van der Waals surface area contributed by atoms with Crippen molar-refractivity contribution in [3.8, 4) is 17.6 Å². The fourth-order valence-electron chi connectivity index (χ4n) is 2.77. The minimum absolute atomic E-state index is 0.0207. The Bertz CT molecular complexity index is 1260. The smallest absolute Gasteiger partial charge is 0.321 e. The van der Waals surface area contributed by atoms with E-state index in [1.807, 2.05) is 19.1 Å². The first-order chi connectivity index (χ1) is 16.1. The van der Waals surface area contributed by atoms with Crippen molar-refractivity contribution in [1.82, 2.24) is 9.97 Å². The predicted molar refractivity (Wildman–Crippen MR) is 133 cm³/mol. The number of carbonyl (C=O) groups is 1. The third-order valence-corrected chi connectivity index (χ3v) is 6.72. The number of amides is 1. The zero-order chi connectivity index (χ0) is 24.9. The van der Waals surface area contributed by atoms with E-state index in [4.69, 9.17) is 14.2 Å². The Morgan fingerprint density at radius 1 is 1.03 bits per heavy atom. The second kappa shape index (κ2) is 11.0. The van der Waals surface area contributed by atoms with Gasteiger partial charge in [-0.15, -0.1) is 0 Å². The number of nitrogens with zero attached hydrogens (tertiary/aromatic N) is 2. The second-order valence-electron chi connectivity index (χ2n) is 6.78. The van der Waals surface area contributed by atoms with E-state index in [1.54, 1.807) is 0 Å². The molecule has 3 aromatic rings. The monoisotopic (exact) mass is 614 g/mol. The van der Waals surface area contributed by atoms with Crippen LogP contribution in [0.1, 0.15) is 5.56 Å². The van der Waals surface area contributed by atoms with Gasteiger partial charge >= 0.3 is 6.01 Å². The van der Waals surface area contributed by atoms with E-state index in [-0.39, 0.29) is 29.2 Å². The van der Waals surface area contributed by atoms with Gasteiger partial charge in [-0.25, -0.2) is 8.42 Å². The highest BCUT2D eigenvalue weighted by Gasteiger charge is 2.17. The molecule has 1 heterocycles. The summed E-state index contributed by atoms with van der Waals surface area (Å²) in [4.78, 5) is 20.1. The molecular weight excluding hydrogens is 596 g/mol. The van der Waals surface area contributed by atoms with Crippen molar-refractivity contribution in [2.24, 2.45) is 0 Å². The summed E-state index contributed by atoms with van der Waals surface area (Å²) in [6.45, 7) is 1.64. The molecule has 34 heavy (non-hydrogen) atoms. The van der Waals surface area contributed by atoms with Crippen LogP contribution in [-0.2, 0) is 14.8 Å². The number of sulfonamides is 1. The number of anilines is 2. The lowest BCUT2D eigenvalue weighted by Crippen LogP contribution is -2.20. The topological polar surface area (TPSA) is 129 Å². The van der Waals surface area contributed by atoms with Crippen LogP contribution < -0.4 is 24.2 Å². The third kappa shape index (κ3) is 6.58. The van der Waals surface area contributed by atoms with Gasteiger partial charge in [0.1, 0.15) is 5.75 Å². The Morgan fingerprint density at radius 2 is 1.74 bits per heavy atom.